The van der Waals surface area contributed by atoms with E-state index < -0.39 is 0 Å². The molecule has 0 radical (unpaired) electrons. The lowest BCUT2D eigenvalue weighted by atomic mass is 10.1. The smallest absolute Gasteiger partial charge is 0.291 e. The van der Waals surface area contributed by atoms with Crippen LogP contribution in [0.1, 0.15) is 39.2 Å². The van der Waals surface area contributed by atoms with Gasteiger partial charge < -0.3 is 14.5 Å². The molecule has 0 saturated heterocycles. The Morgan fingerprint density at radius 1 is 1.04 bits per heavy atom. The number of nitrogens with one attached hydrogen (secondary N) is 1. The van der Waals surface area contributed by atoms with Crippen LogP contribution in [0.25, 0.3) is 0 Å². The third-order valence-corrected chi connectivity index (χ3v) is 3.81. The third-order valence-electron chi connectivity index (χ3n) is 3.81. The summed E-state index contributed by atoms with van der Waals surface area (Å²) in [6.45, 7) is 3.72. The maximum atomic E-state index is 12.3. The first-order chi connectivity index (χ1) is 12.5. The summed E-state index contributed by atoms with van der Waals surface area (Å²) in [4.78, 5) is 23.7. The van der Waals surface area contributed by atoms with Crippen LogP contribution in [0.2, 0.25) is 0 Å². The molecule has 0 aliphatic carbocycles. The van der Waals surface area contributed by atoms with Crippen molar-refractivity contribution in [2.45, 2.75) is 20.5 Å². The van der Waals surface area contributed by atoms with Gasteiger partial charge in [-0.25, -0.2) is 0 Å². The maximum absolute atomic E-state index is 12.3. The van der Waals surface area contributed by atoms with Gasteiger partial charge in [-0.2, -0.15) is 0 Å². The lowest BCUT2D eigenvalue weighted by Crippen LogP contribution is -2.11. The molecule has 26 heavy (non-hydrogen) atoms. The lowest BCUT2D eigenvalue weighted by Gasteiger charge is -2.05. The van der Waals surface area contributed by atoms with Gasteiger partial charge in [-0.3, -0.25) is 9.59 Å². The molecule has 1 N–H and O–H groups in total. The highest BCUT2D eigenvalue weighted by molar-refractivity contribution is 6.03. The first-order valence-corrected chi connectivity index (χ1v) is 8.22. The van der Waals surface area contributed by atoms with Crippen molar-refractivity contribution in [1.29, 1.82) is 0 Å². The van der Waals surface area contributed by atoms with Crippen molar-refractivity contribution in [2.24, 2.45) is 0 Å². The monoisotopic (exact) mass is 349 g/mol. The van der Waals surface area contributed by atoms with Gasteiger partial charge in [0.2, 0.25) is 0 Å². The van der Waals surface area contributed by atoms with E-state index in [0.29, 0.717) is 17.0 Å². The molecule has 0 saturated carbocycles. The first-order valence-electron chi connectivity index (χ1n) is 8.22. The standard InChI is InChI=1S/C21H19NO4/c1-14-6-8-18(9-7-14)25-13-19-10-11-20(26-19)21(24)22-17-5-3-4-16(12-17)15(2)23/h3-12H,13H2,1-2H3,(H,22,24). The van der Waals surface area contributed by atoms with Crippen molar-refractivity contribution in [2.75, 3.05) is 5.32 Å². The van der Waals surface area contributed by atoms with E-state index in [1.807, 2.05) is 31.2 Å². The molecule has 132 valence electrons. The summed E-state index contributed by atoms with van der Waals surface area (Å²) < 4.78 is 11.2. The molecular formula is C21H19NO4. The number of hydrogen-bond donors (Lipinski definition) is 1. The number of amides is 1. The van der Waals surface area contributed by atoms with Crippen LogP contribution in [0, 0.1) is 6.92 Å². The molecule has 3 aromatic rings. The van der Waals surface area contributed by atoms with Crippen LogP contribution in [-0.4, -0.2) is 11.7 Å². The predicted molar refractivity (Wildman–Crippen MR) is 98.6 cm³/mol. The zero-order valence-electron chi connectivity index (χ0n) is 14.6. The minimum atomic E-state index is -0.382. The van der Waals surface area contributed by atoms with Gasteiger partial charge >= 0.3 is 0 Å². The molecule has 2 aromatic carbocycles. The SMILES string of the molecule is CC(=O)c1cccc(NC(=O)c2ccc(COc3ccc(C)cc3)o2)c1. The fourth-order valence-corrected chi connectivity index (χ4v) is 2.38. The minimum absolute atomic E-state index is 0.0605. The number of carbonyl (C=O) groups is 2. The van der Waals surface area contributed by atoms with Gasteiger partial charge in [-0.05, 0) is 50.2 Å². The fourth-order valence-electron chi connectivity index (χ4n) is 2.38. The highest BCUT2D eigenvalue weighted by Gasteiger charge is 2.12. The zero-order chi connectivity index (χ0) is 18.5. The van der Waals surface area contributed by atoms with Gasteiger partial charge in [0.25, 0.3) is 5.91 Å². The van der Waals surface area contributed by atoms with Crippen molar-refractivity contribution in [1.82, 2.24) is 0 Å². The largest absolute Gasteiger partial charge is 0.486 e. The Labute approximate surface area is 151 Å². The Hall–Kier alpha value is -3.34. The Morgan fingerprint density at radius 3 is 2.54 bits per heavy atom. The molecule has 0 spiro atoms. The highest BCUT2D eigenvalue weighted by atomic mass is 16.5. The van der Waals surface area contributed by atoms with E-state index in [0.717, 1.165) is 11.3 Å². The number of carbonyl (C=O) groups excluding carboxylic acids is 2. The summed E-state index contributed by atoms with van der Waals surface area (Å²) in [6.07, 6.45) is 0. The second-order valence-electron chi connectivity index (χ2n) is 5.96. The maximum Gasteiger partial charge on any atom is 0.291 e. The van der Waals surface area contributed by atoms with Crippen molar-refractivity contribution < 1.29 is 18.7 Å². The Bertz CT molecular complexity index is 925. The van der Waals surface area contributed by atoms with Crippen LogP contribution in [0.4, 0.5) is 5.69 Å². The number of furan rings is 1. The summed E-state index contributed by atoms with van der Waals surface area (Å²) in [6, 6.07) is 17.8. The molecule has 5 heteroatoms. The van der Waals surface area contributed by atoms with Crippen LogP contribution >= 0.6 is 0 Å². The molecular weight excluding hydrogens is 330 g/mol. The number of Topliss-reactive ketones (excluding diaryl/α,β-unsaturated/α-hetero) is 1. The highest BCUT2D eigenvalue weighted by Crippen LogP contribution is 2.17. The topological polar surface area (TPSA) is 68.5 Å². The van der Waals surface area contributed by atoms with Gasteiger partial charge in [0.15, 0.2) is 11.5 Å². The van der Waals surface area contributed by atoms with Crippen LogP contribution in [0.15, 0.2) is 65.1 Å². The second kappa shape index (κ2) is 7.70. The number of rotatable bonds is 6. The Morgan fingerprint density at radius 2 is 1.81 bits per heavy atom. The van der Waals surface area contributed by atoms with Gasteiger partial charge in [0.1, 0.15) is 18.1 Å². The first kappa shape index (κ1) is 17.5. The van der Waals surface area contributed by atoms with Gasteiger partial charge in [-0.1, -0.05) is 29.8 Å². The zero-order valence-corrected chi connectivity index (χ0v) is 14.6. The summed E-state index contributed by atoms with van der Waals surface area (Å²) in [5.41, 5.74) is 2.23. The number of aryl methyl sites for hydroxylation is 1. The van der Waals surface area contributed by atoms with Crippen molar-refractivity contribution >= 4 is 17.4 Å². The van der Waals surface area contributed by atoms with Crippen LogP contribution < -0.4 is 10.1 Å². The predicted octanol–water partition coefficient (Wildman–Crippen LogP) is 4.62. The van der Waals surface area contributed by atoms with Crippen LogP contribution in [0.5, 0.6) is 5.75 Å². The van der Waals surface area contributed by atoms with Gasteiger partial charge in [0.05, 0.1) is 0 Å². The van der Waals surface area contributed by atoms with E-state index in [4.69, 9.17) is 9.15 Å². The summed E-state index contributed by atoms with van der Waals surface area (Å²) in [5, 5.41) is 2.72. The molecule has 3 rings (SSSR count). The minimum Gasteiger partial charge on any atom is -0.486 e. The number of anilines is 1. The molecule has 1 amide bonds. The Balaban J connectivity index is 1.61. The third kappa shape index (κ3) is 4.39. The van der Waals surface area contributed by atoms with E-state index in [-0.39, 0.29) is 24.1 Å². The molecule has 0 fully saturated rings. The van der Waals surface area contributed by atoms with Crippen LogP contribution in [-0.2, 0) is 6.61 Å². The Kier molecular flexibility index (Phi) is 5.17. The van der Waals surface area contributed by atoms with Crippen molar-refractivity contribution in [3.8, 4) is 5.75 Å². The lowest BCUT2D eigenvalue weighted by molar-refractivity contribution is 0.0988. The van der Waals surface area contributed by atoms with E-state index in [1.54, 1.807) is 36.4 Å². The molecule has 0 aliphatic rings. The summed E-state index contributed by atoms with van der Waals surface area (Å²) >= 11 is 0. The van der Waals surface area contributed by atoms with E-state index in [1.165, 1.54) is 6.92 Å². The quantitative estimate of drug-likeness (QED) is 0.659. The normalized spacial score (nSPS) is 10.4. The molecule has 1 aromatic heterocycles. The second-order valence-corrected chi connectivity index (χ2v) is 5.96. The fraction of sp³-hybridized carbons (Fsp3) is 0.143. The van der Waals surface area contributed by atoms with E-state index in [9.17, 15) is 9.59 Å². The average Bonchev–Trinajstić information content (AvgIpc) is 3.11. The van der Waals surface area contributed by atoms with Gasteiger partial charge in [-0.15, -0.1) is 0 Å². The molecule has 1 heterocycles. The molecule has 0 unspecified atom stereocenters. The number of benzene rings is 2. The van der Waals surface area contributed by atoms with Crippen molar-refractivity contribution in [3.05, 3.63) is 83.3 Å². The molecule has 0 bridgehead atoms. The summed E-state index contributed by atoms with van der Waals surface area (Å²) in [7, 11) is 0. The average molecular weight is 349 g/mol. The van der Waals surface area contributed by atoms with E-state index in [2.05, 4.69) is 5.32 Å². The van der Waals surface area contributed by atoms with E-state index >= 15 is 0 Å². The summed E-state index contributed by atoms with van der Waals surface area (Å²) in [5.74, 6) is 1.02. The van der Waals surface area contributed by atoms with Crippen LogP contribution in [0.3, 0.4) is 0 Å². The number of ketones is 1. The van der Waals surface area contributed by atoms with Crippen molar-refractivity contribution in [3.63, 3.8) is 0 Å². The molecule has 0 aliphatic heterocycles. The number of ether oxygens (including phenoxy) is 1. The van der Waals surface area contributed by atoms with Gasteiger partial charge in [0, 0.05) is 11.3 Å². The number of hydrogen-bond acceptors (Lipinski definition) is 4. The molecule has 0 atom stereocenters. The molecule has 5 nitrogen and oxygen atoms in total.